The molecule has 106 valence electrons. The van der Waals surface area contributed by atoms with E-state index in [4.69, 9.17) is 5.11 Å². The van der Waals surface area contributed by atoms with E-state index in [0.717, 1.165) is 51.7 Å². The Labute approximate surface area is 111 Å². The van der Waals surface area contributed by atoms with Crippen LogP contribution in [0.5, 0.6) is 0 Å². The molecule has 1 saturated heterocycles. The Kier molecular flexibility index (Phi) is 7.28. The highest BCUT2D eigenvalue weighted by Gasteiger charge is 2.29. The molecule has 0 radical (unpaired) electrons. The van der Waals surface area contributed by atoms with Gasteiger partial charge in [0.05, 0.1) is 6.04 Å². The number of hydrogen-bond donors (Lipinski definition) is 2. The van der Waals surface area contributed by atoms with Crippen LogP contribution < -0.4 is 5.32 Å². The maximum atomic E-state index is 12.3. The molecule has 0 saturated carbocycles. The van der Waals surface area contributed by atoms with E-state index >= 15 is 0 Å². The van der Waals surface area contributed by atoms with Gasteiger partial charge in [0, 0.05) is 19.7 Å². The van der Waals surface area contributed by atoms with Crippen molar-refractivity contribution in [1.29, 1.82) is 0 Å². The standard InChI is InChI=1S/C14H28N2O2/c1-3-6-12(8-10-17)11-16-9-5-7-13(14(16)18)15-4-2/h12-13,15,17H,3-11H2,1-2H3. The third-order valence-electron chi connectivity index (χ3n) is 3.69. The van der Waals surface area contributed by atoms with Gasteiger partial charge in [-0.1, -0.05) is 20.3 Å². The summed E-state index contributed by atoms with van der Waals surface area (Å²) in [6.07, 6.45) is 5.06. The first-order chi connectivity index (χ1) is 8.72. The minimum Gasteiger partial charge on any atom is -0.396 e. The van der Waals surface area contributed by atoms with Crippen LogP contribution in [0.3, 0.4) is 0 Å². The predicted octanol–water partition coefficient (Wildman–Crippen LogP) is 1.39. The smallest absolute Gasteiger partial charge is 0.239 e. The van der Waals surface area contributed by atoms with Gasteiger partial charge in [0.25, 0.3) is 0 Å². The lowest BCUT2D eigenvalue weighted by molar-refractivity contribution is -0.136. The molecule has 4 heteroatoms. The van der Waals surface area contributed by atoms with Crippen LogP contribution in [0.2, 0.25) is 0 Å². The molecule has 1 rings (SSSR count). The highest BCUT2D eigenvalue weighted by Crippen LogP contribution is 2.18. The van der Waals surface area contributed by atoms with Gasteiger partial charge in [0.15, 0.2) is 0 Å². The molecule has 0 bridgehead atoms. The van der Waals surface area contributed by atoms with Crippen LogP contribution >= 0.6 is 0 Å². The molecule has 0 aromatic heterocycles. The first-order valence-corrected chi connectivity index (χ1v) is 7.35. The first-order valence-electron chi connectivity index (χ1n) is 7.35. The minimum absolute atomic E-state index is 0.0140. The van der Waals surface area contributed by atoms with E-state index < -0.39 is 0 Å². The summed E-state index contributed by atoms with van der Waals surface area (Å²) in [6.45, 7) is 6.96. The lowest BCUT2D eigenvalue weighted by Crippen LogP contribution is -2.51. The second-order valence-corrected chi connectivity index (χ2v) is 5.20. The third-order valence-corrected chi connectivity index (χ3v) is 3.69. The van der Waals surface area contributed by atoms with Crippen molar-refractivity contribution >= 4 is 5.91 Å². The topological polar surface area (TPSA) is 52.6 Å². The predicted molar refractivity (Wildman–Crippen MR) is 73.4 cm³/mol. The molecular weight excluding hydrogens is 228 g/mol. The van der Waals surface area contributed by atoms with Crippen molar-refractivity contribution in [2.24, 2.45) is 5.92 Å². The average molecular weight is 256 g/mol. The zero-order valence-electron chi connectivity index (χ0n) is 11.8. The fourth-order valence-electron chi connectivity index (χ4n) is 2.79. The molecule has 0 spiro atoms. The summed E-state index contributed by atoms with van der Waals surface area (Å²) in [5.41, 5.74) is 0. The fraction of sp³-hybridized carbons (Fsp3) is 0.929. The van der Waals surface area contributed by atoms with E-state index in [-0.39, 0.29) is 18.6 Å². The summed E-state index contributed by atoms with van der Waals surface area (Å²) in [6, 6.07) is 0.0140. The molecular formula is C14H28N2O2. The van der Waals surface area contributed by atoms with E-state index in [2.05, 4.69) is 12.2 Å². The van der Waals surface area contributed by atoms with Crippen LogP contribution in [-0.4, -0.2) is 48.2 Å². The van der Waals surface area contributed by atoms with Gasteiger partial charge < -0.3 is 15.3 Å². The Bertz CT molecular complexity index is 238. The number of hydrogen-bond acceptors (Lipinski definition) is 3. The van der Waals surface area contributed by atoms with E-state index in [1.165, 1.54) is 0 Å². The summed E-state index contributed by atoms with van der Waals surface area (Å²) in [5, 5.41) is 12.3. The number of rotatable bonds is 8. The van der Waals surface area contributed by atoms with Gasteiger partial charge in [-0.3, -0.25) is 4.79 Å². The van der Waals surface area contributed by atoms with Crippen molar-refractivity contribution in [3.05, 3.63) is 0 Å². The van der Waals surface area contributed by atoms with E-state index in [1.807, 2.05) is 11.8 Å². The van der Waals surface area contributed by atoms with Crippen molar-refractivity contribution in [3.63, 3.8) is 0 Å². The number of carbonyl (C=O) groups is 1. The maximum absolute atomic E-state index is 12.3. The molecule has 1 aliphatic rings. The number of nitrogens with zero attached hydrogens (tertiary/aromatic N) is 1. The molecule has 4 nitrogen and oxygen atoms in total. The molecule has 1 aliphatic heterocycles. The Morgan fingerprint density at radius 3 is 2.83 bits per heavy atom. The van der Waals surface area contributed by atoms with Gasteiger partial charge in [-0.05, 0) is 38.1 Å². The van der Waals surface area contributed by atoms with Gasteiger partial charge >= 0.3 is 0 Å². The van der Waals surface area contributed by atoms with Crippen LogP contribution in [0.1, 0.15) is 46.0 Å². The van der Waals surface area contributed by atoms with Crippen molar-refractivity contribution in [2.45, 2.75) is 52.0 Å². The number of nitrogens with one attached hydrogen (secondary N) is 1. The average Bonchev–Trinajstić information content (AvgIpc) is 2.35. The van der Waals surface area contributed by atoms with Crippen molar-refractivity contribution in [3.8, 4) is 0 Å². The Morgan fingerprint density at radius 2 is 2.22 bits per heavy atom. The SMILES string of the molecule is CCCC(CCO)CN1CCCC(NCC)C1=O. The highest BCUT2D eigenvalue weighted by atomic mass is 16.3. The molecule has 1 heterocycles. The molecule has 0 aliphatic carbocycles. The van der Waals surface area contributed by atoms with Gasteiger partial charge in [0.1, 0.15) is 0 Å². The van der Waals surface area contributed by atoms with E-state index in [9.17, 15) is 4.79 Å². The number of amides is 1. The summed E-state index contributed by atoms with van der Waals surface area (Å²) in [4.78, 5) is 14.3. The molecule has 2 unspecified atom stereocenters. The minimum atomic E-state index is 0.0140. The third kappa shape index (κ3) is 4.58. The van der Waals surface area contributed by atoms with Gasteiger partial charge in [-0.25, -0.2) is 0 Å². The Balaban J connectivity index is 2.50. The molecule has 0 aromatic carbocycles. The fourth-order valence-corrected chi connectivity index (χ4v) is 2.79. The lowest BCUT2D eigenvalue weighted by atomic mass is 9.97. The maximum Gasteiger partial charge on any atom is 0.239 e. The molecule has 2 N–H and O–H groups in total. The van der Waals surface area contributed by atoms with Crippen molar-refractivity contribution in [1.82, 2.24) is 10.2 Å². The van der Waals surface area contributed by atoms with Crippen LogP contribution in [0, 0.1) is 5.92 Å². The summed E-state index contributed by atoms with van der Waals surface area (Å²) in [5.74, 6) is 0.700. The van der Waals surface area contributed by atoms with E-state index in [1.54, 1.807) is 0 Å². The zero-order valence-corrected chi connectivity index (χ0v) is 11.8. The normalized spacial score (nSPS) is 22.3. The largest absolute Gasteiger partial charge is 0.396 e. The summed E-state index contributed by atoms with van der Waals surface area (Å²) < 4.78 is 0. The van der Waals surface area contributed by atoms with Crippen molar-refractivity contribution in [2.75, 3.05) is 26.2 Å². The molecule has 2 atom stereocenters. The summed E-state index contributed by atoms with van der Waals surface area (Å²) in [7, 11) is 0. The van der Waals surface area contributed by atoms with Gasteiger partial charge in [-0.15, -0.1) is 0 Å². The molecule has 18 heavy (non-hydrogen) atoms. The Hall–Kier alpha value is -0.610. The lowest BCUT2D eigenvalue weighted by Gasteiger charge is -2.35. The van der Waals surface area contributed by atoms with Crippen molar-refractivity contribution < 1.29 is 9.90 Å². The molecule has 1 fully saturated rings. The number of piperidine rings is 1. The number of aliphatic hydroxyl groups is 1. The summed E-state index contributed by atoms with van der Waals surface area (Å²) >= 11 is 0. The number of likely N-dealkylation sites (N-methyl/N-ethyl adjacent to an activating group) is 1. The van der Waals surface area contributed by atoms with Gasteiger partial charge in [-0.2, -0.15) is 0 Å². The zero-order chi connectivity index (χ0) is 13.4. The molecule has 1 amide bonds. The second kappa shape index (κ2) is 8.48. The first kappa shape index (κ1) is 15.4. The van der Waals surface area contributed by atoms with Crippen LogP contribution in [-0.2, 0) is 4.79 Å². The molecule has 0 aromatic rings. The van der Waals surface area contributed by atoms with Crippen LogP contribution in [0.25, 0.3) is 0 Å². The van der Waals surface area contributed by atoms with Crippen LogP contribution in [0.15, 0.2) is 0 Å². The second-order valence-electron chi connectivity index (χ2n) is 5.20. The monoisotopic (exact) mass is 256 g/mol. The van der Waals surface area contributed by atoms with E-state index in [0.29, 0.717) is 5.92 Å². The quantitative estimate of drug-likeness (QED) is 0.690. The Morgan fingerprint density at radius 1 is 1.44 bits per heavy atom. The number of carbonyl (C=O) groups excluding carboxylic acids is 1. The highest BCUT2D eigenvalue weighted by molar-refractivity contribution is 5.82. The van der Waals surface area contributed by atoms with Gasteiger partial charge in [0.2, 0.25) is 5.91 Å². The van der Waals surface area contributed by atoms with Crippen LogP contribution in [0.4, 0.5) is 0 Å². The number of aliphatic hydroxyl groups excluding tert-OH is 1. The number of likely N-dealkylation sites (tertiary alicyclic amines) is 1.